The fourth-order valence-corrected chi connectivity index (χ4v) is 1.58. The van der Waals surface area contributed by atoms with Crippen LogP contribution >= 0.6 is 0 Å². The Kier molecular flexibility index (Phi) is 7.47. The molecule has 0 atom stereocenters. The molecule has 0 heterocycles. The van der Waals surface area contributed by atoms with Crippen molar-refractivity contribution >= 4 is 11.4 Å². The van der Waals surface area contributed by atoms with Crippen molar-refractivity contribution in [3.63, 3.8) is 0 Å². The maximum Gasteiger partial charge on any atom is 0.0734 e. The summed E-state index contributed by atoms with van der Waals surface area (Å²) in [6, 6.07) is 0. The molecule has 0 unspecified atom stereocenters. The lowest BCUT2D eigenvalue weighted by Gasteiger charge is -2.37. The maximum absolute atomic E-state index is 8.93. The zero-order chi connectivity index (χ0) is 17.6. The van der Waals surface area contributed by atoms with Gasteiger partial charge in [-0.05, 0) is 41.5 Å². The topological polar surface area (TPSA) is 115 Å². The first kappa shape index (κ1) is 20.8. The predicted octanol–water partition coefficient (Wildman–Crippen LogP) is 1.39. The molecule has 7 heteroatoms. The zero-order valence-corrected chi connectivity index (χ0v) is 15.0. The van der Waals surface area contributed by atoms with E-state index in [2.05, 4.69) is 27.9 Å². The van der Waals surface area contributed by atoms with Crippen LogP contribution in [0, 0.1) is 5.41 Å². The lowest BCUT2D eigenvalue weighted by molar-refractivity contribution is 0.254. The minimum atomic E-state index is -0.414. The smallest absolute Gasteiger partial charge is 0.0734 e. The predicted molar refractivity (Wildman–Crippen MR) is 91.1 cm³/mol. The van der Waals surface area contributed by atoms with Gasteiger partial charge in [0.15, 0.2) is 0 Å². The molecule has 0 spiro atoms. The van der Waals surface area contributed by atoms with E-state index in [-0.39, 0.29) is 5.41 Å². The number of nitrogens with one attached hydrogen (secondary N) is 2. The van der Waals surface area contributed by atoms with E-state index in [9.17, 15) is 0 Å². The Labute approximate surface area is 134 Å². The van der Waals surface area contributed by atoms with Crippen LogP contribution in [0.25, 0.3) is 0 Å². The average molecular weight is 315 g/mol. The van der Waals surface area contributed by atoms with Crippen LogP contribution < -0.4 is 16.4 Å². The third-order valence-electron chi connectivity index (χ3n) is 4.52. The van der Waals surface area contributed by atoms with Crippen LogP contribution in [0.5, 0.6) is 0 Å². The fraction of sp³-hybridized carbons (Fsp3) is 0.867. The van der Waals surface area contributed by atoms with Crippen LogP contribution in [0.2, 0.25) is 0 Å². The SMILES string of the molecule is CC(=NO)C(C)(C)NCC(C)(CN)CNC(C)(C)C(C)=NO. The minimum Gasteiger partial charge on any atom is -0.411 e. The van der Waals surface area contributed by atoms with E-state index >= 15 is 0 Å². The van der Waals surface area contributed by atoms with Crippen molar-refractivity contribution in [2.75, 3.05) is 19.6 Å². The molecular formula is C15H33N5O2. The van der Waals surface area contributed by atoms with Gasteiger partial charge in [0.2, 0.25) is 0 Å². The van der Waals surface area contributed by atoms with Gasteiger partial charge in [0.25, 0.3) is 0 Å². The monoisotopic (exact) mass is 315 g/mol. The van der Waals surface area contributed by atoms with Gasteiger partial charge in [-0.15, -0.1) is 0 Å². The van der Waals surface area contributed by atoms with Crippen molar-refractivity contribution in [1.29, 1.82) is 0 Å². The van der Waals surface area contributed by atoms with Gasteiger partial charge in [0.1, 0.15) is 0 Å². The lowest BCUT2D eigenvalue weighted by Crippen LogP contribution is -2.56. The van der Waals surface area contributed by atoms with E-state index in [1.807, 2.05) is 27.7 Å². The van der Waals surface area contributed by atoms with Gasteiger partial charge >= 0.3 is 0 Å². The summed E-state index contributed by atoms with van der Waals surface area (Å²) < 4.78 is 0. The lowest BCUT2D eigenvalue weighted by atomic mass is 9.87. The normalized spacial score (nSPS) is 17.5. The van der Waals surface area contributed by atoms with Crippen molar-refractivity contribution < 1.29 is 10.4 Å². The van der Waals surface area contributed by atoms with Crippen molar-refractivity contribution in [3.05, 3.63) is 0 Å². The number of rotatable bonds is 9. The van der Waals surface area contributed by atoms with E-state index in [0.29, 0.717) is 31.1 Å². The molecule has 0 rings (SSSR count). The summed E-state index contributed by atoms with van der Waals surface area (Å²) in [4.78, 5) is 0. The molecule has 7 nitrogen and oxygen atoms in total. The van der Waals surface area contributed by atoms with Gasteiger partial charge in [-0.3, -0.25) is 0 Å². The largest absolute Gasteiger partial charge is 0.411 e. The summed E-state index contributed by atoms with van der Waals surface area (Å²) in [6.45, 7) is 15.3. The zero-order valence-electron chi connectivity index (χ0n) is 15.0. The first-order valence-corrected chi connectivity index (χ1v) is 7.52. The van der Waals surface area contributed by atoms with Gasteiger partial charge < -0.3 is 26.8 Å². The number of hydrogen-bond donors (Lipinski definition) is 5. The van der Waals surface area contributed by atoms with E-state index in [1.54, 1.807) is 13.8 Å². The highest BCUT2D eigenvalue weighted by Gasteiger charge is 2.31. The second kappa shape index (κ2) is 7.89. The molecular weight excluding hydrogens is 282 g/mol. The molecule has 0 aromatic heterocycles. The van der Waals surface area contributed by atoms with E-state index < -0.39 is 11.1 Å². The number of hydrogen-bond acceptors (Lipinski definition) is 7. The summed E-state index contributed by atoms with van der Waals surface area (Å²) in [6.07, 6.45) is 0. The Morgan fingerprint density at radius 1 is 0.864 bits per heavy atom. The van der Waals surface area contributed by atoms with Crippen LogP contribution in [-0.4, -0.2) is 52.5 Å². The molecule has 0 aromatic rings. The number of nitrogens with two attached hydrogens (primary N) is 1. The van der Waals surface area contributed by atoms with Gasteiger partial charge in [0.05, 0.1) is 22.5 Å². The highest BCUT2D eigenvalue weighted by atomic mass is 16.4. The summed E-state index contributed by atoms with van der Waals surface area (Å²) in [5.41, 5.74) is 6.15. The van der Waals surface area contributed by atoms with Gasteiger partial charge in [-0.25, -0.2) is 0 Å². The van der Waals surface area contributed by atoms with Crippen molar-refractivity contribution in [2.45, 2.75) is 59.5 Å². The molecule has 6 N–H and O–H groups in total. The molecule has 0 aliphatic rings. The molecule has 130 valence electrons. The molecule has 0 amide bonds. The average Bonchev–Trinajstić information content (AvgIpc) is 2.49. The molecule has 0 saturated carbocycles. The Balaban J connectivity index is 4.80. The highest BCUT2D eigenvalue weighted by Crippen LogP contribution is 2.17. The van der Waals surface area contributed by atoms with Gasteiger partial charge in [0, 0.05) is 25.0 Å². The molecule has 0 aromatic carbocycles. The van der Waals surface area contributed by atoms with Gasteiger partial charge in [-0.2, -0.15) is 0 Å². The summed E-state index contributed by atoms with van der Waals surface area (Å²) in [7, 11) is 0. The number of nitrogens with zero attached hydrogens (tertiary/aromatic N) is 2. The molecule has 0 fully saturated rings. The third-order valence-corrected chi connectivity index (χ3v) is 4.52. The Morgan fingerprint density at radius 2 is 1.18 bits per heavy atom. The molecule has 0 saturated heterocycles. The van der Waals surface area contributed by atoms with Crippen LogP contribution in [0.3, 0.4) is 0 Å². The van der Waals surface area contributed by atoms with E-state index in [0.717, 1.165) is 0 Å². The first-order chi connectivity index (χ1) is 9.94. The molecule has 0 aliphatic heterocycles. The van der Waals surface area contributed by atoms with E-state index in [4.69, 9.17) is 16.1 Å². The van der Waals surface area contributed by atoms with Crippen molar-refractivity contribution in [3.8, 4) is 0 Å². The van der Waals surface area contributed by atoms with E-state index in [1.165, 1.54) is 0 Å². The molecule has 0 aliphatic carbocycles. The third kappa shape index (κ3) is 5.90. The molecule has 0 bridgehead atoms. The van der Waals surface area contributed by atoms with Crippen molar-refractivity contribution in [2.24, 2.45) is 21.5 Å². The Morgan fingerprint density at radius 3 is 1.41 bits per heavy atom. The fourth-order valence-electron chi connectivity index (χ4n) is 1.58. The van der Waals surface area contributed by atoms with Crippen LogP contribution in [0.15, 0.2) is 10.3 Å². The highest BCUT2D eigenvalue weighted by molar-refractivity contribution is 5.90. The maximum atomic E-state index is 8.93. The second-order valence-corrected chi connectivity index (χ2v) is 7.34. The Hall–Kier alpha value is -1.18. The summed E-state index contributed by atoms with van der Waals surface area (Å²) >= 11 is 0. The van der Waals surface area contributed by atoms with Crippen LogP contribution in [-0.2, 0) is 0 Å². The summed E-state index contributed by atoms with van der Waals surface area (Å²) in [5.74, 6) is 0. The standard InChI is InChI=1S/C15H33N5O2/c1-11(19-21)13(3,4)17-9-15(7,8-16)10-18-14(5,6)12(2)20-22/h17-18,21-22H,8-10,16H2,1-7H3. The number of oxime groups is 2. The Bertz CT molecular complexity index is 382. The summed E-state index contributed by atoms with van der Waals surface area (Å²) in [5, 5.41) is 31.2. The molecule has 0 radical (unpaired) electrons. The van der Waals surface area contributed by atoms with Gasteiger partial charge in [-0.1, -0.05) is 17.2 Å². The first-order valence-electron chi connectivity index (χ1n) is 7.52. The minimum absolute atomic E-state index is 0.194. The second-order valence-electron chi connectivity index (χ2n) is 7.34. The quantitative estimate of drug-likeness (QED) is 0.250. The van der Waals surface area contributed by atoms with Crippen molar-refractivity contribution in [1.82, 2.24) is 10.6 Å². The van der Waals surface area contributed by atoms with Crippen LogP contribution in [0.4, 0.5) is 0 Å². The van der Waals surface area contributed by atoms with Crippen LogP contribution in [0.1, 0.15) is 48.5 Å². The molecule has 22 heavy (non-hydrogen) atoms.